The van der Waals surface area contributed by atoms with Crippen LogP contribution in [0.2, 0.25) is 10.0 Å². The molecule has 25 heteroatoms. The normalized spacial score (nSPS) is 19.2. The number of carbonyl (C=O) groups is 1. The molecule has 9 rings (SSSR count). The average Bonchev–Trinajstić information content (AvgIpc) is 3.75. The monoisotopic (exact) mass is 1000 g/mol. The Morgan fingerprint density at radius 2 is 1.67 bits per heavy atom. The standard InChI is InChI=1S/C42H37Cl2F8N9O5S/c1-66-10-9-59-34-28(4-3-24(43)31(34)38(57-59)58-67(2,64)65)61-39(55-37-32(40(61)63)25(44)16-26(54-37)19-5-7-41(49,50)8-6-19)27(13-18-11-20(45)14-21(46)12-18)53-29(62)17-60-35-30(33(56-60)36(47)48)22-15-23(22)42(35,51)52/h3-4,11-12,14,16,19,22-23,27,36H,5-10,13,15,17H2,1-2H3,(H,53,62)(H,57,58)/t22-,23+,27-/m0/s1. The van der Waals surface area contributed by atoms with E-state index in [1.165, 1.54) is 30.0 Å². The molecule has 1 amide bonds. The third-order valence-corrected chi connectivity index (χ3v) is 13.5. The van der Waals surface area contributed by atoms with Gasteiger partial charge >= 0.3 is 0 Å². The van der Waals surface area contributed by atoms with Gasteiger partial charge in [-0.05, 0) is 61.1 Å². The summed E-state index contributed by atoms with van der Waals surface area (Å²) >= 11 is 13.6. The second-order valence-corrected chi connectivity index (χ2v) is 19.5. The predicted octanol–water partition coefficient (Wildman–Crippen LogP) is 8.47. The molecule has 2 aromatic carbocycles. The van der Waals surface area contributed by atoms with Crippen molar-refractivity contribution in [3.05, 3.63) is 102 Å². The number of halogens is 10. The number of ether oxygens (including phenoxy) is 1. The number of alkyl halides is 6. The molecule has 4 aromatic heterocycles. The number of methoxy groups -OCH3 is 1. The quantitative estimate of drug-likeness (QED) is 0.102. The van der Waals surface area contributed by atoms with Crippen molar-refractivity contribution in [1.29, 1.82) is 0 Å². The fraction of sp³-hybridized carbons (Fsp3) is 0.429. The summed E-state index contributed by atoms with van der Waals surface area (Å²) in [6.45, 7) is -1.15. The van der Waals surface area contributed by atoms with Crippen LogP contribution in [-0.2, 0) is 45.0 Å². The molecule has 0 saturated heterocycles. The van der Waals surface area contributed by atoms with E-state index in [9.17, 15) is 39.6 Å². The van der Waals surface area contributed by atoms with Gasteiger partial charge in [-0.3, -0.25) is 28.2 Å². The number of rotatable bonds is 14. The summed E-state index contributed by atoms with van der Waals surface area (Å²) in [5, 5.41) is 10.1. The van der Waals surface area contributed by atoms with Crippen LogP contribution in [-0.4, -0.2) is 74.3 Å². The Hall–Kier alpha value is -5.39. The van der Waals surface area contributed by atoms with Crippen LogP contribution in [0, 0.1) is 17.6 Å². The molecule has 2 fully saturated rings. The molecule has 0 unspecified atom stereocenters. The number of hydrogen-bond donors (Lipinski definition) is 2. The SMILES string of the molecule is COCCn1nc(NS(C)(=O)=O)c2c(Cl)ccc(-n3c([C@H](Cc4cc(F)cc(F)c4)NC(=O)Cn4nc(C(F)F)c5c4C(F)(F)[C@@H]4C[C@H]54)nc4nc(C5CCC(F)(F)CC5)cc(Cl)c4c3=O)c21. The van der Waals surface area contributed by atoms with E-state index in [1.807, 2.05) is 0 Å². The molecule has 2 N–H and O–H groups in total. The molecule has 3 aliphatic rings. The van der Waals surface area contributed by atoms with Gasteiger partial charge < -0.3 is 10.1 Å². The molecule has 0 spiro atoms. The number of pyridine rings is 1. The Kier molecular flexibility index (Phi) is 11.8. The van der Waals surface area contributed by atoms with Crippen molar-refractivity contribution >= 4 is 66.9 Å². The van der Waals surface area contributed by atoms with Crippen molar-refractivity contribution in [2.75, 3.05) is 24.7 Å². The number of anilines is 1. The lowest BCUT2D eigenvalue weighted by molar-refractivity contribution is -0.123. The van der Waals surface area contributed by atoms with E-state index >= 15 is 13.6 Å². The molecule has 67 heavy (non-hydrogen) atoms. The highest BCUT2D eigenvalue weighted by Crippen LogP contribution is 2.68. The van der Waals surface area contributed by atoms with Crippen LogP contribution in [0.3, 0.4) is 0 Å². The van der Waals surface area contributed by atoms with E-state index in [2.05, 4.69) is 25.2 Å². The smallest absolute Gasteiger partial charge is 0.293 e. The molecule has 2 saturated carbocycles. The number of nitrogens with zero attached hydrogens (tertiary/aromatic N) is 7. The van der Waals surface area contributed by atoms with Gasteiger partial charge in [0.2, 0.25) is 21.9 Å². The summed E-state index contributed by atoms with van der Waals surface area (Å²) in [4.78, 5) is 38.9. The first-order valence-electron chi connectivity index (χ1n) is 20.7. The Labute approximate surface area is 384 Å². The Morgan fingerprint density at radius 1 is 0.970 bits per heavy atom. The topological polar surface area (TPSA) is 168 Å². The zero-order chi connectivity index (χ0) is 48.1. The molecule has 14 nitrogen and oxygen atoms in total. The Balaban J connectivity index is 1.27. The lowest BCUT2D eigenvalue weighted by atomic mass is 9.84. The molecule has 0 bridgehead atoms. The first kappa shape index (κ1) is 46.7. The molecule has 4 heterocycles. The largest absolute Gasteiger partial charge is 0.383 e. The third kappa shape index (κ3) is 8.71. The van der Waals surface area contributed by atoms with Gasteiger partial charge in [0, 0.05) is 55.5 Å². The molecule has 3 atom stereocenters. The van der Waals surface area contributed by atoms with Gasteiger partial charge in [0.15, 0.2) is 11.5 Å². The van der Waals surface area contributed by atoms with Crippen LogP contribution in [0.5, 0.6) is 0 Å². The molecular formula is C42H37Cl2F8N9O5S. The Morgan fingerprint density at radius 3 is 2.33 bits per heavy atom. The molecule has 0 radical (unpaired) electrons. The lowest BCUT2D eigenvalue weighted by Crippen LogP contribution is -2.38. The van der Waals surface area contributed by atoms with E-state index in [0.29, 0.717) is 10.7 Å². The van der Waals surface area contributed by atoms with Gasteiger partial charge in [-0.15, -0.1) is 0 Å². The summed E-state index contributed by atoms with van der Waals surface area (Å²) in [6, 6.07) is 4.73. The number of nitrogens with one attached hydrogen (secondary N) is 2. The van der Waals surface area contributed by atoms with Crippen molar-refractivity contribution in [2.24, 2.45) is 5.92 Å². The number of benzene rings is 2. The summed E-state index contributed by atoms with van der Waals surface area (Å²) in [5.41, 5.74) is -3.43. The molecule has 356 valence electrons. The number of aromatic nitrogens is 7. The first-order chi connectivity index (χ1) is 31.5. The van der Waals surface area contributed by atoms with Crippen LogP contribution < -0.4 is 15.6 Å². The molecule has 6 aromatic rings. The minimum Gasteiger partial charge on any atom is -0.383 e. The maximum Gasteiger partial charge on any atom is 0.293 e. The van der Waals surface area contributed by atoms with E-state index in [1.54, 1.807) is 0 Å². The second kappa shape index (κ2) is 17.0. The third-order valence-electron chi connectivity index (χ3n) is 12.3. The van der Waals surface area contributed by atoms with Crippen LogP contribution in [0.15, 0.2) is 41.2 Å². The summed E-state index contributed by atoms with van der Waals surface area (Å²) < 4.78 is 153. The number of carbonyl (C=O) groups excluding carboxylic acids is 1. The van der Waals surface area contributed by atoms with Gasteiger partial charge in [0.1, 0.15) is 40.8 Å². The first-order valence-corrected chi connectivity index (χ1v) is 23.4. The zero-order valence-corrected chi connectivity index (χ0v) is 37.4. The fourth-order valence-corrected chi connectivity index (χ4v) is 10.4. The molecular weight excluding hydrogens is 965 g/mol. The highest BCUT2D eigenvalue weighted by Gasteiger charge is 2.67. The van der Waals surface area contributed by atoms with Crippen LogP contribution >= 0.6 is 23.2 Å². The fourth-order valence-electron chi connectivity index (χ4n) is 9.34. The number of fused-ring (bicyclic) bond motifs is 5. The van der Waals surface area contributed by atoms with Gasteiger partial charge in [-0.2, -0.15) is 19.0 Å². The van der Waals surface area contributed by atoms with Gasteiger partial charge in [-0.1, -0.05) is 23.2 Å². The van der Waals surface area contributed by atoms with Crippen LogP contribution in [0.4, 0.5) is 40.9 Å². The number of sulfonamides is 1. The lowest BCUT2D eigenvalue weighted by Gasteiger charge is -2.28. The van der Waals surface area contributed by atoms with Crippen molar-refractivity contribution in [2.45, 2.75) is 87.8 Å². The van der Waals surface area contributed by atoms with Crippen LogP contribution in [0.1, 0.15) is 90.4 Å². The van der Waals surface area contributed by atoms with Crippen molar-refractivity contribution in [3.63, 3.8) is 0 Å². The second-order valence-electron chi connectivity index (χ2n) is 17.0. The van der Waals surface area contributed by atoms with Crippen molar-refractivity contribution in [3.8, 4) is 5.69 Å². The van der Waals surface area contributed by atoms with E-state index in [0.717, 1.165) is 23.0 Å². The number of amides is 1. The molecule has 0 aliphatic heterocycles. The van der Waals surface area contributed by atoms with Gasteiger partial charge in [-0.25, -0.2) is 44.7 Å². The minimum absolute atomic E-state index is 0.00140. The maximum atomic E-state index is 15.6. The number of hydrogen-bond acceptors (Lipinski definition) is 9. The van der Waals surface area contributed by atoms with Gasteiger partial charge in [0.25, 0.3) is 17.9 Å². The maximum absolute atomic E-state index is 15.6. The summed E-state index contributed by atoms with van der Waals surface area (Å²) in [7, 11) is -2.64. The zero-order valence-electron chi connectivity index (χ0n) is 35.1. The van der Waals surface area contributed by atoms with E-state index in [4.69, 9.17) is 32.9 Å². The average molecular weight is 1000 g/mol. The predicted molar refractivity (Wildman–Crippen MR) is 228 cm³/mol. The highest BCUT2D eigenvalue weighted by atomic mass is 35.5. The highest BCUT2D eigenvalue weighted by molar-refractivity contribution is 7.92. The van der Waals surface area contributed by atoms with E-state index in [-0.39, 0.29) is 92.7 Å². The van der Waals surface area contributed by atoms with Crippen LogP contribution in [0.25, 0.3) is 27.6 Å². The van der Waals surface area contributed by atoms with Crippen molar-refractivity contribution < 1.29 is 53.1 Å². The Bertz CT molecular complexity index is 3160. The molecule has 3 aliphatic carbocycles. The van der Waals surface area contributed by atoms with Crippen molar-refractivity contribution in [1.82, 2.24) is 39.4 Å². The van der Waals surface area contributed by atoms with Gasteiger partial charge in [0.05, 0.1) is 52.1 Å². The minimum atomic E-state index is -4.02. The summed E-state index contributed by atoms with van der Waals surface area (Å²) in [6.07, 6.45) is -3.94. The summed E-state index contributed by atoms with van der Waals surface area (Å²) in [5.74, 6) is -13.1. The van der Waals surface area contributed by atoms with E-state index < -0.39 is 118 Å².